The van der Waals surface area contributed by atoms with Gasteiger partial charge in [0.1, 0.15) is 0 Å². The van der Waals surface area contributed by atoms with E-state index < -0.39 is 18.1 Å². The minimum absolute atomic E-state index is 0.102. The summed E-state index contributed by atoms with van der Waals surface area (Å²) in [6.07, 6.45) is -3.73. The van der Waals surface area contributed by atoms with Crippen LogP contribution in [-0.4, -0.2) is 30.2 Å². The van der Waals surface area contributed by atoms with E-state index in [0.29, 0.717) is 19.5 Å². The molecule has 1 aromatic rings. The third-order valence-corrected chi connectivity index (χ3v) is 3.74. The first-order chi connectivity index (χ1) is 9.86. The first-order valence-electron chi connectivity index (χ1n) is 7.01. The first-order valence-corrected chi connectivity index (χ1v) is 7.01. The number of rotatable bonds is 2. The number of hydrogen-bond acceptors (Lipinski definition) is 1. The minimum Gasteiger partial charge on any atom is -0.334 e. The minimum atomic E-state index is -4.23. The topological polar surface area (TPSA) is 32.3 Å². The molecule has 1 saturated heterocycles. The van der Waals surface area contributed by atoms with E-state index in [1.165, 1.54) is 4.90 Å². The van der Waals surface area contributed by atoms with Gasteiger partial charge in [0.2, 0.25) is 0 Å². The zero-order valence-electron chi connectivity index (χ0n) is 11.9. The molecule has 2 amide bonds. The Morgan fingerprint density at radius 2 is 2.00 bits per heavy atom. The van der Waals surface area contributed by atoms with Gasteiger partial charge in [-0.25, -0.2) is 4.79 Å². The van der Waals surface area contributed by atoms with Crippen LogP contribution in [0, 0.1) is 12.8 Å². The van der Waals surface area contributed by atoms with E-state index in [0.717, 1.165) is 11.1 Å². The molecule has 1 aliphatic rings. The van der Waals surface area contributed by atoms with Crippen LogP contribution in [0.15, 0.2) is 24.3 Å². The van der Waals surface area contributed by atoms with Crippen LogP contribution < -0.4 is 5.32 Å². The average Bonchev–Trinajstić information content (AvgIpc) is 2.45. The Labute approximate surface area is 122 Å². The Morgan fingerprint density at radius 3 is 2.62 bits per heavy atom. The summed E-state index contributed by atoms with van der Waals surface area (Å²) in [6, 6.07) is 7.23. The number of halogens is 3. The number of carbonyl (C=O) groups excluding carboxylic acids is 1. The summed E-state index contributed by atoms with van der Waals surface area (Å²) in [6.45, 7) is 2.43. The van der Waals surface area contributed by atoms with Gasteiger partial charge in [0, 0.05) is 19.6 Å². The Kier molecular flexibility index (Phi) is 4.75. The molecule has 1 unspecified atom stereocenters. The smallest absolute Gasteiger partial charge is 0.334 e. The largest absolute Gasteiger partial charge is 0.393 e. The number of nitrogens with one attached hydrogen (secondary N) is 1. The summed E-state index contributed by atoms with van der Waals surface area (Å²) >= 11 is 0. The zero-order valence-corrected chi connectivity index (χ0v) is 11.9. The SMILES string of the molecule is Cc1ccc(CNC(=O)N2CCCC(C(F)(F)F)C2)cc1. The number of carbonyl (C=O) groups is 1. The van der Waals surface area contributed by atoms with E-state index in [9.17, 15) is 18.0 Å². The van der Waals surface area contributed by atoms with Crippen LogP contribution in [0.2, 0.25) is 0 Å². The van der Waals surface area contributed by atoms with Gasteiger partial charge in [0.15, 0.2) is 0 Å². The molecule has 0 aliphatic carbocycles. The highest BCUT2D eigenvalue weighted by atomic mass is 19.4. The lowest BCUT2D eigenvalue weighted by Crippen LogP contribution is -2.48. The normalized spacial score (nSPS) is 19.4. The maximum absolute atomic E-state index is 12.7. The third-order valence-electron chi connectivity index (χ3n) is 3.74. The molecule has 1 fully saturated rings. The van der Waals surface area contributed by atoms with Crippen molar-refractivity contribution in [2.24, 2.45) is 5.92 Å². The number of likely N-dealkylation sites (tertiary alicyclic amines) is 1. The fourth-order valence-electron chi connectivity index (χ4n) is 2.42. The molecule has 3 nitrogen and oxygen atoms in total. The quantitative estimate of drug-likeness (QED) is 0.891. The molecular weight excluding hydrogens is 281 g/mol. The van der Waals surface area contributed by atoms with Gasteiger partial charge >= 0.3 is 12.2 Å². The molecule has 1 heterocycles. The molecule has 21 heavy (non-hydrogen) atoms. The maximum atomic E-state index is 12.7. The second-order valence-corrected chi connectivity index (χ2v) is 5.47. The van der Waals surface area contributed by atoms with Gasteiger partial charge in [-0.05, 0) is 25.3 Å². The number of urea groups is 1. The van der Waals surface area contributed by atoms with Crippen molar-refractivity contribution >= 4 is 6.03 Å². The number of hydrogen-bond donors (Lipinski definition) is 1. The highest BCUT2D eigenvalue weighted by molar-refractivity contribution is 5.74. The first kappa shape index (κ1) is 15.7. The number of amides is 2. The molecular formula is C15H19F3N2O. The number of nitrogens with zero attached hydrogens (tertiary/aromatic N) is 1. The van der Waals surface area contributed by atoms with Gasteiger partial charge in [-0.1, -0.05) is 29.8 Å². The molecule has 6 heteroatoms. The lowest BCUT2D eigenvalue weighted by molar-refractivity contribution is -0.184. The summed E-state index contributed by atoms with van der Waals surface area (Å²) in [5.41, 5.74) is 2.05. The molecule has 116 valence electrons. The molecule has 1 aliphatic heterocycles. The average molecular weight is 300 g/mol. The van der Waals surface area contributed by atoms with Crippen molar-refractivity contribution < 1.29 is 18.0 Å². The number of aryl methyl sites for hydroxylation is 1. The Balaban J connectivity index is 1.86. The number of piperidine rings is 1. The van der Waals surface area contributed by atoms with E-state index in [4.69, 9.17) is 0 Å². The maximum Gasteiger partial charge on any atom is 0.393 e. The van der Waals surface area contributed by atoms with Gasteiger partial charge in [-0.15, -0.1) is 0 Å². The molecule has 0 radical (unpaired) electrons. The Hall–Kier alpha value is -1.72. The lowest BCUT2D eigenvalue weighted by Gasteiger charge is -2.33. The highest BCUT2D eigenvalue weighted by Gasteiger charge is 2.42. The van der Waals surface area contributed by atoms with Crippen LogP contribution in [0.1, 0.15) is 24.0 Å². The molecule has 0 bridgehead atoms. The molecule has 0 spiro atoms. The summed E-state index contributed by atoms with van der Waals surface area (Å²) in [4.78, 5) is 13.2. The second kappa shape index (κ2) is 6.37. The molecule has 1 N–H and O–H groups in total. The fraction of sp³-hybridized carbons (Fsp3) is 0.533. The Bertz CT molecular complexity index is 485. The number of benzene rings is 1. The van der Waals surface area contributed by atoms with Gasteiger partial charge in [-0.2, -0.15) is 13.2 Å². The van der Waals surface area contributed by atoms with Crippen molar-refractivity contribution in [2.75, 3.05) is 13.1 Å². The van der Waals surface area contributed by atoms with Gasteiger partial charge in [0.25, 0.3) is 0 Å². The van der Waals surface area contributed by atoms with E-state index in [1.54, 1.807) is 0 Å². The predicted octanol–water partition coefficient (Wildman–Crippen LogP) is 3.48. The summed E-state index contributed by atoms with van der Waals surface area (Å²) in [5, 5.41) is 2.68. The standard InChI is InChI=1S/C15H19F3N2O/c1-11-4-6-12(7-5-11)9-19-14(21)20-8-2-3-13(10-20)15(16,17)18/h4-7,13H,2-3,8-10H2,1H3,(H,19,21). The van der Waals surface area contributed by atoms with E-state index in [-0.39, 0.29) is 13.0 Å². The lowest BCUT2D eigenvalue weighted by atomic mass is 9.98. The van der Waals surface area contributed by atoms with Gasteiger partial charge in [-0.3, -0.25) is 0 Å². The van der Waals surface area contributed by atoms with Crippen LogP contribution in [0.4, 0.5) is 18.0 Å². The van der Waals surface area contributed by atoms with Crippen LogP contribution in [0.3, 0.4) is 0 Å². The second-order valence-electron chi connectivity index (χ2n) is 5.47. The molecule has 0 aromatic heterocycles. The molecule has 0 saturated carbocycles. The van der Waals surface area contributed by atoms with Crippen LogP contribution in [0.25, 0.3) is 0 Å². The monoisotopic (exact) mass is 300 g/mol. The third kappa shape index (κ3) is 4.37. The highest BCUT2D eigenvalue weighted by Crippen LogP contribution is 2.33. The molecule has 1 aromatic carbocycles. The summed E-state index contributed by atoms with van der Waals surface area (Å²) < 4.78 is 38.1. The zero-order chi connectivity index (χ0) is 15.5. The van der Waals surface area contributed by atoms with Crippen molar-refractivity contribution in [3.63, 3.8) is 0 Å². The van der Waals surface area contributed by atoms with Crippen molar-refractivity contribution in [2.45, 2.75) is 32.5 Å². The van der Waals surface area contributed by atoms with Gasteiger partial charge < -0.3 is 10.2 Å². The van der Waals surface area contributed by atoms with Crippen molar-refractivity contribution in [3.8, 4) is 0 Å². The summed E-state index contributed by atoms with van der Waals surface area (Å²) in [5.74, 6) is -1.41. The summed E-state index contributed by atoms with van der Waals surface area (Å²) in [7, 11) is 0. The molecule has 2 rings (SSSR count). The van der Waals surface area contributed by atoms with Crippen molar-refractivity contribution in [1.82, 2.24) is 10.2 Å². The van der Waals surface area contributed by atoms with Crippen LogP contribution in [-0.2, 0) is 6.54 Å². The van der Waals surface area contributed by atoms with Gasteiger partial charge in [0.05, 0.1) is 5.92 Å². The van der Waals surface area contributed by atoms with E-state index >= 15 is 0 Å². The van der Waals surface area contributed by atoms with Crippen molar-refractivity contribution in [1.29, 1.82) is 0 Å². The predicted molar refractivity (Wildman–Crippen MR) is 73.8 cm³/mol. The van der Waals surface area contributed by atoms with E-state index in [2.05, 4.69) is 5.32 Å². The van der Waals surface area contributed by atoms with Crippen molar-refractivity contribution in [3.05, 3.63) is 35.4 Å². The molecule has 1 atom stereocenters. The number of alkyl halides is 3. The van der Waals surface area contributed by atoms with E-state index in [1.807, 2.05) is 31.2 Å². The van der Waals surface area contributed by atoms with Crippen LogP contribution in [0.5, 0.6) is 0 Å². The fourth-order valence-corrected chi connectivity index (χ4v) is 2.42. The van der Waals surface area contributed by atoms with Crippen LogP contribution >= 0.6 is 0 Å². The Morgan fingerprint density at radius 1 is 1.33 bits per heavy atom.